The van der Waals surface area contributed by atoms with E-state index >= 15 is 0 Å². The lowest BCUT2D eigenvalue weighted by Crippen LogP contribution is -2.18. The van der Waals surface area contributed by atoms with E-state index in [9.17, 15) is 4.79 Å². The molecule has 1 aromatic rings. The number of rotatable bonds is 0. The minimum atomic E-state index is 0.181. The van der Waals surface area contributed by atoms with Crippen LogP contribution in [-0.2, 0) is 0 Å². The van der Waals surface area contributed by atoms with Crippen LogP contribution in [0.2, 0.25) is 0 Å². The molecule has 0 amide bonds. The first-order valence-electron chi connectivity index (χ1n) is 4.46. The fourth-order valence-electron chi connectivity index (χ4n) is 1.51. The number of benzene rings is 1. The standard InChI is InChI=1S/C11H12OS/c1-7-3-4-9-10(5-7)13-6-8(2)11(9)12/h3-5,8H,6H2,1-2H3. The van der Waals surface area contributed by atoms with Crippen molar-refractivity contribution in [2.24, 2.45) is 5.92 Å². The summed E-state index contributed by atoms with van der Waals surface area (Å²) in [5, 5.41) is 0. The van der Waals surface area contributed by atoms with Crippen LogP contribution >= 0.6 is 11.8 Å². The number of carbonyl (C=O) groups excluding carboxylic acids is 1. The number of carbonyl (C=O) groups is 1. The zero-order valence-corrected chi connectivity index (χ0v) is 8.65. The van der Waals surface area contributed by atoms with Gasteiger partial charge in [0, 0.05) is 22.1 Å². The molecule has 68 valence electrons. The van der Waals surface area contributed by atoms with E-state index in [0.717, 1.165) is 16.2 Å². The van der Waals surface area contributed by atoms with Crippen molar-refractivity contribution >= 4 is 17.5 Å². The number of fused-ring (bicyclic) bond motifs is 1. The van der Waals surface area contributed by atoms with Crippen LogP contribution in [0.4, 0.5) is 0 Å². The van der Waals surface area contributed by atoms with Gasteiger partial charge in [-0.05, 0) is 18.6 Å². The largest absolute Gasteiger partial charge is 0.294 e. The third-order valence-corrected chi connectivity index (χ3v) is 3.65. The van der Waals surface area contributed by atoms with E-state index in [1.807, 2.05) is 19.1 Å². The highest BCUT2D eigenvalue weighted by atomic mass is 32.2. The van der Waals surface area contributed by atoms with Gasteiger partial charge in [-0.15, -0.1) is 11.8 Å². The van der Waals surface area contributed by atoms with Crippen LogP contribution in [0.3, 0.4) is 0 Å². The molecule has 0 saturated heterocycles. The summed E-state index contributed by atoms with van der Waals surface area (Å²) < 4.78 is 0. The molecule has 2 heteroatoms. The Morgan fingerprint density at radius 1 is 1.46 bits per heavy atom. The number of aryl methyl sites for hydroxylation is 1. The summed E-state index contributed by atoms with van der Waals surface area (Å²) in [5.41, 5.74) is 2.14. The maximum Gasteiger partial charge on any atom is 0.167 e. The lowest BCUT2D eigenvalue weighted by molar-refractivity contribution is 0.0936. The summed E-state index contributed by atoms with van der Waals surface area (Å²) in [7, 11) is 0. The van der Waals surface area contributed by atoms with Crippen molar-refractivity contribution < 1.29 is 4.79 Å². The Kier molecular flexibility index (Phi) is 2.16. The number of Topliss-reactive ketones (excluding diaryl/α,β-unsaturated/α-hetero) is 1. The monoisotopic (exact) mass is 192 g/mol. The molecule has 13 heavy (non-hydrogen) atoms. The Bertz CT molecular complexity index is 357. The van der Waals surface area contributed by atoms with Gasteiger partial charge in [-0.3, -0.25) is 4.79 Å². The van der Waals surface area contributed by atoms with E-state index in [0.29, 0.717) is 5.78 Å². The molecule has 1 aliphatic rings. The topological polar surface area (TPSA) is 17.1 Å². The second-order valence-electron chi connectivity index (χ2n) is 3.58. The van der Waals surface area contributed by atoms with Crippen LogP contribution in [0.15, 0.2) is 23.1 Å². The van der Waals surface area contributed by atoms with Crippen LogP contribution in [0, 0.1) is 12.8 Å². The molecule has 1 aliphatic heterocycles. The molecule has 0 aromatic heterocycles. The van der Waals surface area contributed by atoms with E-state index in [1.54, 1.807) is 11.8 Å². The first kappa shape index (κ1) is 8.82. The Labute approximate surface area is 82.5 Å². The molecule has 1 aromatic carbocycles. The van der Waals surface area contributed by atoms with Crippen LogP contribution in [0.1, 0.15) is 22.8 Å². The summed E-state index contributed by atoms with van der Waals surface area (Å²) in [6.07, 6.45) is 0. The first-order chi connectivity index (χ1) is 6.18. The minimum Gasteiger partial charge on any atom is -0.294 e. The molecule has 1 nitrogen and oxygen atoms in total. The maximum atomic E-state index is 11.7. The number of hydrogen-bond donors (Lipinski definition) is 0. The average molecular weight is 192 g/mol. The lowest BCUT2D eigenvalue weighted by Gasteiger charge is -2.19. The smallest absolute Gasteiger partial charge is 0.167 e. The van der Waals surface area contributed by atoms with Gasteiger partial charge in [0.25, 0.3) is 0 Å². The predicted molar refractivity (Wildman–Crippen MR) is 55.4 cm³/mol. The van der Waals surface area contributed by atoms with Crippen molar-refractivity contribution in [2.75, 3.05) is 5.75 Å². The summed E-state index contributed by atoms with van der Waals surface area (Å²) in [4.78, 5) is 12.9. The molecule has 0 radical (unpaired) electrons. The van der Waals surface area contributed by atoms with Crippen LogP contribution in [0.5, 0.6) is 0 Å². The van der Waals surface area contributed by atoms with Crippen LogP contribution in [0.25, 0.3) is 0 Å². The molecule has 0 bridgehead atoms. The highest BCUT2D eigenvalue weighted by Gasteiger charge is 2.23. The molecule has 0 spiro atoms. The molecule has 0 aliphatic carbocycles. The Morgan fingerprint density at radius 3 is 3.00 bits per heavy atom. The maximum absolute atomic E-state index is 11.7. The normalized spacial score (nSPS) is 21.4. The number of hydrogen-bond acceptors (Lipinski definition) is 2. The molecule has 1 unspecified atom stereocenters. The minimum absolute atomic E-state index is 0.181. The third kappa shape index (κ3) is 1.51. The first-order valence-corrected chi connectivity index (χ1v) is 5.44. The molecular formula is C11H12OS. The van der Waals surface area contributed by atoms with E-state index in [2.05, 4.69) is 13.0 Å². The molecule has 0 fully saturated rings. The van der Waals surface area contributed by atoms with Gasteiger partial charge >= 0.3 is 0 Å². The van der Waals surface area contributed by atoms with Crippen molar-refractivity contribution in [1.29, 1.82) is 0 Å². The Morgan fingerprint density at radius 2 is 2.23 bits per heavy atom. The zero-order chi connectivity index (χ0) is 9.42. The van der Waals surface area contributed by atoms with Gasteiger partial charge in [-0.2, -0.15) is 0 Å². The van der Waals surface area contributed by atoms with Gasteiger partial charge in [0.05, 0.1) is 0 Å². The van der Waals surface area contributed by atoms with E-state index < -0.39 is 0 Å². The quantitative estimate of drug-likeness (QED) is 0.628. The van der Waals surface area contributed by atoms with E-state index in [1.165, 1.54) is 5.56 Å². The lowest BCUT2D eigenvalue weighted by atomic mass is 9.99. The zero-order valence-electron chi connectivity index (χ0n) is 7.83. The van der Waals surface area contributed by atoms with Crippen molar-refractivity contribution in [3.63, 3.8) is 0 Å². The number of ketones is 1. The summed E-state index contributed by atoms with van der Waals surface area (Å²) in [5.74, 6) is 1.41. The van der Waals surface area contributed by atoms with Crippen molar-refractivity contribution in [1.82, 2.24) is 0 Å². The fourth-order valence-corrected chi connectivity index (χ4v) is 2.68. The summed E-state index contributed by atoms with van der Waals surface area (Å²) in [6.45, 7) is 4.06. The van der Waals surface area contributed by atoms with E-state index in [-0.39, 0.29) is 5.92 Å². The molecule has 0 saturated carbocycles. The van der Waals surface area contributed by atoms with Gasteiger partial charge < -0.3 is 0 Å². The Hall–Kier alpha value is -0.760. The number of thioether (sulfide) groups is 1. The third-order valence-electron chi connectivity index (χ3n) is 2.34. The van der Waals surface area contributed by atoms with Crippen LogP contribution in [-0.4, -0.2) is 11.5 Å². The van der Waals surface area contributed by atoms with Crippen molar-refractivity contribution in [3.05, 3.63) is 29.3 Å². The molecular weight excluding hydrogens is 180 g/mol. The fraction of sp³-hybridized carbons (Fsp3) is 0.364. The van der Waals surface area contributed by atoms with Crippen LogP contribution < -0.4 is 0 Å². The molecule has 0 N–H and O–H groups in total. The van der Waals surface area contributed by atoms with Gasteiger partial charge in [0.1, 0.15) is 0 Å². The Balaban J connectivity index is 2.50. The van der Waals surface area contributed by atoms with Crippen molar-refractivity contribution in [2.45, 2.75) is 18.7 Å². The predicted octanol–water partition coefficient (Wildman–Crippen LogP) is 2.92. The molecule has 1 atom stereocenters. The van der Waals surface area contributed by atoms with Gasteiger partial charge in [0.15, 0.2) is 5.78 Å². The summed E-state index contributed by atoms with van der Waals surface area (Å²) >= 11 is 1.79. The van der Waals surface area contributed by atoms with Gasteiger partial charge in [-0.1, -0.05) is 19.1 Å². The SMILES string of the molecule is Cc1ccc2c(c1)SCC(C)C2=O. The van der Waals surface area contributed by atoms with Gasteiger partial charge in [-0.25, -0.2) is 0 Å². The highest BCUT2D eigenvalue weighted by molar-refractivity contribution is 7.99. The second-order valence-corrected chi connectivity index (χ2v) is 4.64. The highest BCUT2D eigenvalue weighted by Crippen LogP contribution is 2.33. The van der Waals surface area contributed by atoms with E-state index in [4.69, 9.17) is 0 Å². The molecule has 1 heterocycles. The van der Waals surface area contributed by atoms with Crippen molar-refractivity contribution in [3.8, 4) is 0 Å². The summed E-state index contributed by atoms with van der Waals surface area (Å²) in [6, 6.07) is 6.06. The molecule has 2 rings (SSSR count). The van der Waals surface area contributed by atoms with Gasteiger partial charge in [0.2, 0.25) is 0 Å². The average Bonchev–Trinajstić information content (AvgIpc) is 2.12. The second kappa shape index (κ2) is 3.18.